The van der Waals surface area contributed by atoms with Gasteiger partial charge in [0.2, 0.25) is 5.91 Å². The van der Waals surface area contributed by atoms with E-state index in [0.29, 0.717) is 37.4 Å². The minimum absolute atomic E-state index is 0.00541. The molecule has 1 aliphatic heterocycles. The topological polar surface area (TPSA) is 67.2 Å². The summed E-state index contributed by atoms with van der Waals surface area (Å²) in [4.78, 5) is 31.6. The van der Waals surface area contributed by atoms with Gasteiger partial charge in [-0.3, -0.25) is 9.59 Å². The normalized spacial score (nSPS) is 15.0. The Kier molecular flexibility index (Phi) is 5.17. The van der Waals surface area contributed by atoms with Crippen molar-refractivity contribution in [2.75, 3.05) is 18.4 Å². The van der Waals surface area contributed by atoms with Crippen molar-refractivity contribution in [3.8, 4) is 0 Å². The number of anilines is 1. The fraction of sp³-hybridized carbons (Fsp3) is 0.286. The summed E-state index contributed by atoms with van der Waals surface area (Å²) in [6.07, 6.45) is 2.94. The minimum atomic E-state index is -0.109. The lowest BCUT2D eigenvalue weighted by Gasteiger charge is -2.31. The van der Waals surface area contributed by atoms with E-state index in [1.165, 1.54) is 0 Å². The standard InChI is InChI=1S/C21H21BrN4O2/c1-25-16-7-3-2-6-15(16)18(22)19(25)21(28)26-12-9-14(10-13-26)20(27)24-17-8-4-5-11-23-17/h2-8,11,14H,9-10,12-13H2,1H3,(H,23,24,27). The second kappa shape index (κ2) is 7.75. The van der Waals surface area contributed by atoms with Gasteiger partial charge in [0, 0.05) is 43.2 Å². The van der Waals surface area contributed by atoms with Gasteiger partial charge in [0.25, 0.3) is 5.91 Å². The number of carbonyl (C=O) groups excluding carboxylic acids is 2. The van der Waals surface area contributed by atoms with Gasteiger partial charge >= 0.3 is 0 Å². The van der Waals surface area contributed by atoms with Crippen molar-refractivity contribution in [3.05, 3.63) is 58.8 Å². The molecule has 1 aliphatic rings. The molecule has 0 saturated carbocycles. The number of amides is 2. The zero-order chi connectivity index (χ0) is 19.7. The number of carbonyl (C=O) groups is 2. The van der Waals surface area contributed by atoms with E-state index in [9.17, 15) is 9.59 Å². The van der Waals surface area contributed by atoms with Crippen molar-refractivity contribution in [3.63, 3.8) is 0 Å². The van der Waals surface area contributed by atoms with Crippen LogP contribution >= 0.6 is 15.9 Å². The first-order chi connectivity index (χ1) is 13.6. The molecule has 0 spiro atoms. The van der Waals surface area contributed by atoms with Crippen LogP contribution in [0.4, 0.5) is 5.82 Å². The van der Waals surface area contributed by atoms with Crippen LogP contribution in [0.25, 0.3) is 10.9 Å². The number of benzene rings is 1. The Balaban J connectivity index is 1.44. The van der Waals surface area contributed by atoms with E-state index in [1.807, 2.05) is 52.9 Å². The van der Waals surface area contributed by atoms with E-state index in [2.05, 4.69) is 26.2 Å². The van der Waals surface area contributed by atoms with Crippen molar-refractivity contribution >= 4 is 44.5 Å². The highest BCUT2D eigenvalue weighted by atomic mass is 79.9. The third kappa shape index (κ3) is 3.42. The zero-order valence-corrected chi connectivity index (χ0v) is 17.1. The molecule has 1 fully saturated rings. The van der Waals surface area contributed by atoms with Gasteiger partial charge < -0.3 is 14.8 Å². The Morgan fingerprint density at radius 2 is 1.82 bits per heavy atom. The molecule has 0 radical (unpaired) electrons. The minimum Gasteiger partial charge on any atom is -0.339 e. The number of hydrogen-bond acceptors (Lipinski definition) is 3. The lowest BCUT2D eigenvalue weighted by molar-refractivity contribution is -0.121. The summed E-state index contributed by atoms with van der Waals surface area (Å²) < 4.78 is 2.76. The van der Waals surface area contributed by atoms with Crippen LogP contribution < -0.4 is 5.32 Å². The van der Waals surface area contributed by atoms with Gasteiger partial charge in [0.1, 0.15) is 11.5 Å². The zero-order valence-electron chi connectivity index (χ0n) is 15.6. The molecule has 2 aromatic heterocycles. The maximum absolute atomic E-state index is 13.1. The lowest BCUT2D eigenvalue weighted by Crippen LogP contribution is -2.42. The van der Waals surface area contributed by atoms with E-state index in [0.717, 1.165) is 15.4 Å². The molecule has 0 aliphatic carbocycles. The monoisotopic (exact) mass is 440 g/mol. The molecule has 28 heavy (non-hydrogen) atoms. The molecule has 3 aromatic rings. The molecule has 3 heterocycles. The van der Waals surface area contributed by atoms with E-state index >= 15 is 0 Å². The molecule has 4 rings (SSSR count). The van der Waals surface area contributed by atoms with Gasteiger partial charge in [-0.05, 0) is 47.0 Å². The SMILES string of the molecule is Cn1c(C(=O)N2CCC(C(=O)Nc3ccccn3)CC2)c(Br)c2ccccc21. The Bertz CT molecular complexity index is 985. The Morgan fingerprint density at radius 1 is 1.11 bits per heavy atom. The average molecular weight is 441 g/mol. The summed E-state index contributed by atoms with van der Waals surface area (Å²) in [6.45, 7) is 1.13. The predicted molar refractivity (Wildman–Crippen MR) is 112 cm³/mol. The quantitative estimate of drug-likeness (QED) is 0.672. The summed E-state index contributed by atoms with van der Waals surface area (Å²) in [7, 11) is 1.91. The number of piperidine rings is 1. The van der Waals surface area contributed by atoms with Crippen LogP contribution in [0.5, 0.6) is 0 Å². The summed E-state index contributed by atoms with van der Waals surface area (Å²) in [5.41, 5.74) is 1.67. The summed E-state index contributed by atoms with van der Waals surface area (Å²) in [5.74, 6) is 0.415. The maximum atomic E-state index is 13.1. The number of aromatic nitrogens is 2. The van der Waals surface area contributed by atoms with Crippen LogP contribution in [0.1, 0.15) is 23.3 Å². The molecule has 0 unspecified atom stereocenters. The number of para-hydroxylation sites is 1. The van der Waals surface area contributed by atoms with E-state index in [1.54, 1.807) is 12.3 Å². The molecule has 144 valence electrons. The van der Waals surface area contributed by atoms with Crippen LogP contribution in [0, 0.1) is 5.92 Å². The van der Waals surface area contributed by atoms with Gasteiger partial charge in [-0.1, -0.05) is 24.3 Å². The predicted octanol–water partition coefficient (Wildman–Crippen LogP) is 3.83. The Labute approximate surface area is 171 Å². The van der Waals surface area contributed by atoms with E-state index in [4.69, 9.17) is 0 Å². The molecule has 1 aromatic carbocycles. The Hall–Kier alpha value is -2.67. The van der Waals surface area contributed by atoms with Gasteiger partial charge in [-0.15, -0.1) is 0 Å². The van der Waals surface area contributed by atoms with E-state index < -0.39 is 0 Å². The van der Waals surface area contributed by atoms with Gasteiger partial charge in [0.15, 0.2) is 0 Å². The highest BCUT2D eigenvalue weighted by Crippen LogP contribution is 2.32. The first kappa shape index (κ1) is 18.7. The lowest BCUT2D eigenvalue weighted by atomic mass is 9.95. The fourth-order valence-corrected chi connectivity index (χ4v) is 4.51. The van der Waals surface area contributed by atoms with Crippen molar-refractivity contribution < 1.29 is 9.59 Å². The first-order valence-corrected chi connectivity index (χ1v) is 10.1. The molecular weight excluding hydrogens is 420 g/mol. The van der Waals surface area contributed by atoms with Gasteiger partial charge in [-0.25, -0.2) is 4.98 Å². The second-order valence-electron chi connectivity index (χ2n) is 7.01. The fourth-order valence-electron chi connectivity index (χ4n) is 3.74. The van der Waals surface area contributed by atoms with Crippen LogP contribution in [-0.4, -0.2) is 39.4 Å². The highest BCUT2D eigenvalue weighted by Gasteiger charge is 2.30. The number of likely N-dealkylation sites (tertiary alicyclic amines) is 1. The average Bonchev–Trinajstić information content (AvgIpc) is 2.99. The summed E-state index contributed by atoms with van der Waals surface area (Å²) >= 11 is 3.60. The number of hydrogen-bond donors (Lipinski definition) is 1. The van der Waals surface area contributed by atoms with Crippen molar-refractivity contribution in [2.24, 2.45) is 13.0 Å². The molecule has 0 bridgehead atoms. The van der Waals surface area contributed by atoms with Crippen molar-refractivity contribution in [1.29, 1.82) is 0 Å². The van der Waals surface area contributed by atoms with E-state index in [-0.39, 0.29) is 17.7 Å². The largest absolute Gasteiger partial charge is 0.339 e. The van der Waals surface area contributed by atoms with Gasteiger partial charge in [-0.2, -0.15) is 0 Å². The number of fused-ring (bicyclic) bond motifs is 1. The third-order valence-corrected chi connectivity index (χ3v) is 6.12. The summed E-state index contributed by atoms with van der Waals surface area (Å²) in [5, 5.41) is 3.88. The van der Waals surface area contributed by atoms with Crippen LogP contribution in [-0.2, 0) is 11.8 Å². The molecule has 6 nitrogen and oxygen atoms in total. The highest BCUT2D eigenvalue weighted by molar-refractivity contribution is 9.10. The van der Waals surface area contributed by atoms with Gasteiger partial charge in [0.05, 0.1) is 4.47 Å². The molecule has 1 N–H and O–H groups in total. The molecule has 2 amide bonds. The maximum Gasteiger partial charge on any atom is 0.271 e. The number of nitrogens with one attached hydrogen (secondary N) is 1. The molecular formula is C21H21BrN4O2. The second-order valence-corrected chi connectivity index (χ2v) is 7.80. The number of halogens is 1. The van der Waals surface area contributed by atoms with Crippen LogP contribution in [0.15, 0.2) is 53.1 Å². The van der Waals surface area contributed by atoms with Crippen LogP contribution in [0.3, 0.4) is 0 Å². The number of pyridine rings is 1. The molecule has 0 atom stereocenters. The van der Waals surface area contributed by atoms with Crippen molar-refractivity contribution in [1.82, 2.24) is 14.5 Å². The number of nitrogens with zero attached hydrogens (tertiary/aromatic N) is 3. The molecule has 7 heteroatoms. The Morgan fingerprint density at radius 3 is 2.50 bits per heavy atom. The van der Waals surface area contributed by atoms with Crippen molar-refractivity contribution in [2.45, 2.75) is 12.8 Å². The molecule has 1 saturated heterocycles. The smallest absolute Gasteiger partial charge is 0.271 e. The first-order valence-electron chi connectivity index (χ1n) is 9.30. The summed E-state index contributed by atoms with van der Waals surface area (Å²) in [6, 6.07) is 13.4. The third-order valence-electron chi connectivity index (χ3n) is 5.32. The number of rotatable bonds is 3. The number of aryl methyl sites for hydroxylation is 1. The van der Waals surface area contributed by atoms with Crippen LogP contribution in [0.2, 0.25) is 0 Å².